The van der Waals surface area contributed by atoms with E-state index in [1.807, 2.05) is 0 Å². The molecule has 0 radical (unpaired) electrons. The molecular weight excluding hydrogens is 251 g/mol. The van der Waals surface area contributed by atoms with E-state index < -0.39 is 18.8 Å². The molecule has 0 aromatic heterocycles. The van der Waals surface area contributed by atoms with Crippen LogP contribution in [0.5, 0.6) is 0 Å². The molecule has 0 aromatic rings. The molecule has 8 heteroatoms. The molecule has 1 aliphatic heterocycles. The molecule has 0 saturated carbocycles. The minimum atomic E-state index is -4.40. The van der Waals surface area contributed by atoms with Crippen LogP contribution >= 0.6 is 0 Å². The maximum absolute atomic E-state index is 11.8. The van der Waals surface area contributed by atoms with Gasteiger partial charge in [0.15, 0.2) is 0 Å². The second-order valence-electron chi connectivity index (χ2n) is 4.06. The molecule has 104 valence electrons. The van der Waals surface area contributed by atoms with Crippen LogP contribution in [0.3, 0.4) is 0 Å². The average molecular weight is 267 g/mol. The summed E-state index contributed by atoms with van der Waals surface area (Å²) in [5.74, 6) is 0.0940. The Morgan fingerprint density at radius 3 is 2.61 bits per heavy atom. The molecule has 0 unspecified atom stereocenters. The fraction of sp³-hybridized carbons (Fsp3) is 0.800. The number of alkyl halides is 3. The van der Waals surface area contributed by atoms with Crippen LogP contribution in [0.25, 0.3) is 0 Å². The first-order valence-electron chi connectivity index (χ1n) is 5.75. The summed E-state index contributed by atoms with van der Waals surface area (Å²) in [7, 11) is 0. The molecule has 3 amide bonds. The van der Waals surface area contributed by atoms with Crippen molar-refractivity contribution in [1.29, 1.82) is 0 Å². The van der Waals surface area contributed by atoms with Crippen LogP contribution in [0.4, 0.5) is 18.0 Å². The molecule has 18 heavy (non-hydrogen) atoms. The van der Waals surface area contributed by atoms with E-state index in [0.717, 1.165) is 13.0 Å². The van der Waals surface area contributed by atoms with Crippen LogP contribution in [-0.2, 0) is 4.79 Å². The van der Waals surface area contributed by atoms with Crippen LogP contribution in [0.2, 0.25) is 0 Å². The average Bonchev–Trinajstić information content (AvgIpc) is 2.67. The van der Waals surface area contributed by atoms with Crippen molar-refractivity contribution in [2.75, 3.05) is 26.2 Å². The molecule has 0 aliphatic carbocycles. The van der Waals surface area contributed by atoms with Gasteiger partial charge in [0.1, 0.15) is 6.54 Å². The Morgan fingerprint density at radius 1 is 1.33 bits per heavy atom. The van der Waals surface area contributed by atoms with Gasteiger partial charge in [-0.3, -0.25) is 4.79 Å². The number of hydrogen-bond acceptors (Lipinski definition) is 2. The van der Waals surface area contributed by atoms with Crippen molar-refractivity contribution in [3.8, 4) is 0 Å². The first-order valence-corrected chi connectivity index (χ1v) is 5.75. The lowest BCUT2D eigenvalue weighted by Gasteiger charge is -2.15. The molecule has 0 atom stereocenters. The van der Waals surface area contributed by atoms with E-state index in [1.54, 1.807) is 10.2 Å². The number of urea groups is 1. The quantitative estimate of drug-likeness (QED) is 0.726. The number of carbonyl (C=O) groups excluding carboxylic acids is 2. The Kier molecular flexibility index (Phi) is 5.24. The van der Waals surface area contributed by atoms with Gasteiger partial charge >= 0.3 is 12.2 Å². The lowest BCUT2D eigenvalue weighted by molar-refractivity contribution is -0.127. The summed E-state index contributed by atoms with van der Waals surface area (Å²) in [6, 6.07) is -0.847. The first kappa shape index (κ1) is 14.6. The number of halogens is 3. The van der Waals surface area contributed by atoms with E-state index in [4.69, 9.17) is 0 Å². The lowest BCUT2D eigenvalue weighted by Crippen LogP contribution is -2.41. The number of hydrogen-bond donors (Lipinski definition) is 2. The maximum atomic E-state index is 11.8. The summed E-state index contributed by atoms with van der Waals surface area (Å²) in [5, 5.41) is 4.01. The van der Waals surface area contributed by atoms with Crippen LogP contribution in [0, 0.1) is 0 Å². The number of carbonyl (C=O) groups is 2. The third kappa shape index (κ3) is 5.74. The highest BCUT2D eigenvalue weighted by Crippen LogP contribution is 2.12. The minimum Gasteiger partial charge on any atom is -0.343 e. The van der Waals surface area contributed by atoms with Gasteiger partial charge < -0.3 is 15.5 Å². The molecule has 1 heterocycles. The second kappa shape index (κ2) is 6.46. The van der Waals surface area contributed by atoms with E-state index >= 15 is 0 Å². The monoisotopic (exact) mass is 267 g/mol. The van der Waals surface area contributed by atoms with Gasteiger partial charge in [0, 0.05) is 26.1 Å². The summed E-state index contributed by atoms with van der Waals surface area (Å²) in [4.78, 5) is 23.9. The molecule has 1 aliphatic rings. The molecule has 1 rings (SSSR count). The minimum absolute atomic E-state index is 0.0940. The second-order valence-corrected chi connectivity index (χ2v) is 4.06. The van der Waals surface area contributed by atoms with Crippen molar-refractivity contribution in [3.05, 3.63) is 0 Å². The summed E-state index contributed by atoms with van der Waals surface area (Å²) in [5.41, 5.74) is 0. The van der Waals surface area contributed by atoms with E-state index in [0.29, 0.717) is 19.4 Å². The highest BCUT2D eigenvalue weighted by molar-refractivity contribution is 5.78. The van der Waals surface area contributed by atoms with Gasteiger partial charge in [0.25, 0.3) is 0 Å². The lowest BCUT2D eigenvalue weighted by atomic mass is 10.4. The standard InChI is InChI=1S/C10H16F3N3O2/c11-10(12,13)7-15-9(18)14-4-2-6-16-5-1-3-8(16)17/h1-7H2,(H2,14,15,18). The summed E-state index contributed by atoms with van der Waals surface area (Å²) >= 11 is 0. The Bertz CT molecular complexity index is 307. The van der Waals surface area contributed by atoms with Gasteiger partial charge in [0.05, 0.1) is 0 Å². The number of nitrogens with zero attached hydrogens (tertiary/aromatic N) is 1. The fourth-order valence-corrected chi connectivity index (χ4v) is 1.66. The molecule has 1 fully saturated rings. The number of nitrogens with one attached hydrogen (secondary N) is 2. The summed E-state index contributed by atoms with van der Waals surface area (Å²) in [6.45, 7) is 0.147. The van der Waals surface area contributed by atoms with E-state index in [9.17, 15) is 22.8 Å². The zero-order valence-electron chi connectivity index (χ0n) is 9.85. The largest absolute Gasteiger partial charge is 0.405 e. The topological polar surface area (TPSA) is 61.4 Å². The van der Waals surface area contributed by atoms with E-state index in [1.165, 1.54) is 0 Å². The Morgan fingerprint density at radius 2 is 2.06 bits per heavy atom. The van der Waals surface area contributed by atoms with Gasteiger partial charge in [0.2, 0.25) is 5.91 Å². The SMILES string of the molecule is O=C(NCCCN1CCCC1=O)NCC(F)(F)F. The molecular formula is C10H16F3N3O2. The molecule has 2 N–H and O–H groups in total. The van der Waals surface area contributed by atoms with Crippen LogP contribution in [0.1, 0.15) is 19.3 Å². The van der Waals surface area contributed by atoms with Gasteiger partial charge in [-0.1, -0.05) is 0 Å². The fourth-order valence-electron chi connectivity index (χ4n) is 1.66. The van der Waals surface area contributed by atoms with Crippen LogP contribution < -0.4 is 10.6 Å². The van der Waals surface area contributed by atoms with Crippen LogP contribution in [0.15, 0.2) is 0 Å². The third-order valence-electron chi connectivity index (χ3n) is 2.51. The molecule has 5 nitrogen and oxygen atoms in total. The number of likely N-dealkylation sites (tertiary alicyclic amines) is 1. The third-order valence-corrected chi connectivity index (χ3v) is 2.51. The van der Waals surface area contributed by atoms with Gasteiger partial charge in [-0.25, -0.2) is 4.79 Å². The molecule has 1 saturated heterocycles. The zero-order chi connectivity index (χ0) is 13.6. The highest BCUT2D eigenvalue weighted by atomic mass is 19.4. The van der Waals surface area contributed by atoms with Crippen molar-refractivity contribution >= 4 is 11.9 Å². The van der Waals surface area contributed by atoms with Gasteiger partial charge in [-0.15, -0.1) is 0 Å². The Balaban J connectivity index is 2.03. The van der Waals surface area contributed by atoms with Crippen molar-refractivity contribution in [2.45, 2.75) is 25.4 Å². The predicted octanol–water partition coefficient (Wildman–Crippen LogP) is 0.860. The summed E-state index contributed by atoms with van der Waals surface area (Å²) in [6.07, 6.45) is -2.47. The molecule has 0 spiro atoms. The highest BCUT2D eigenvalue weighted by Gasteiger charge is 2.27. The summed E-state index contributed by atoms with van der Waals surface area (Å²) < 4.78 is 35.3. The van der Waals surface area contributed by atoms with Crippen molar-refractivity contribution in [3.63, 3.8) is 0 Å². The van der Waals surface area contributed by atoms with Gasteiger partial charge in [-0.2, -0.15) is 13.2 Å². The van der Waals surface area contributed by atoms with E-state index in [2.05, 4.69) is 5.32 Å². The van der Waals surface area contributed by atoms with E-state index in [-0.39, 0.29) is 12.5 Å². The maximum Gasteiger partial charge on any atom is 0.405 e. The molecule has 0 bridgehead atoms. The molecule has 0 aromatic carbocycles. The predicted molar refractivity (Wildman–Crippen MR) is 57.9 cm³/mol. The van der Waals surface area contributed by atoms with Crippen molar-refractivity contribution in [1.82, 2.24) is 15.5 Å². The van der Waals surface area contributed by atoms with Crippen molar-refractivity contribution < 1.29 is 22.8 Å². The number of amides is 3. The normalized spacial score (nSPS) is 15.9. The first-order chi connectivity index (χ1) is 8.38. The van der Waals surface area contributed by atoms with Gasteiger partial charge in [-0.05, 0) is 12.8 Å². The van der Waals surface area contributed by atoms with Crippen LogP contribution in [-0.4, -0.2) is 49.2 Å². The smallest absolute Gasteiger partial charge is 0.343 e. The Labute approximate surface area is 103 Å². The zero-order valence-corrected chi connectivity index (χ0v) is 9.85. The Hall–Kier alpha value is -1.47. The van der Waals surface area contributed by atoms with Crippen molar-refractivity contribution in [2.24, 2.45) is 0 Å². The number of rotatable bonds is 5.